The average Bonchev–Trinajstić information content (AvgIpc) is 2.82. The van der Waals surface area contributed by atoms with Crippen molar-refractivity contribution in [3.63, 3.8) is 0 Å². The number of carbonyl (C=O) groups excluding carboxylic acids is 1. The minimum absolute atomic E-state index is 0.103. The molecule has 3 rings (SSSR count). The topological polar surface area (TPSA) is 46.3 Å². The predicted octanol–water partition coefficient (Wildman–Crippen LogP) is 3.19. The molecule has 0 aliphatic carbocycles. The molecule has 1 aliphatic heterocycles. The van der Waals surface area contributed by atoms with Crippen LogP contribution in [-0.2, 0) is 4.79 Å². The molecule has 1 unspecified atom stereocenters. The van der Waals surface area contributed by atoms with E-state index in [4.69, 9.17) is 5.73 Å². The molecule has 1 amide bonds. The molecule has 1 heterocycles. The van der Waals surface area contributed by atoms with Crippen molar-refractivity contribution < 1.29 is 9.18 Å². The van der Waals surface area contributed by atoms with E-state index in [0.717, 1.165) is 5.56 Å². The largest absolute Gasteiger partial charge is 0.398 e. The van der Waals surface area contributed by atoms with Crippen LogP contribution in [0.5, 0.6) is 0 Å². The number of amides is 1. The van der Waals surface area contributed by atoms with Crippen LogP contribution in [0.1, 0.15) is 10.9 Å². The molecule has 5 heteroatoms. The quantitative estimate of drug-likeness (QED) is 0.863. The SMILES string of the molecule is Nc1ccccc1C1SCC(=O)N1c1ccccc1F. The van der Waals surface area contributed by atoms with E-state index in [1.165, 1.54) is 22.7 Å². The molecule has 0 saturated carbocycles. The van der Waals surface area contributed by atoms with Crippen LogP contribution >= 0.6 is 11.8 Å². The molecule has 20 heavy (non-hydrogen) atoms. The highest BCUT2D eigenvalue weighted by Crippen LogP contribution is 2.44. The Morgan fingerprint density at radius 2 is 1.85 bits per heavy atom. The van der Waals surface area contributed by atoms with E-state index in [9.17, 15) is 9.18 Å². The zero-order chi connectivity index (χ0) is 14.1. The highest BCUT2D eigenvalue weighted by atomic mass is 32.2. The maximum Gasteiger partial charge on any atom is 0.238 e. The van der Waals surface area contributed by atoms with E-state index in [-0.39, 0.29) is 11.3 Å². The van der Waals surface area contributed by atoms with Gasteiger partial charge in [-0.1, -0.05) is 30.3 Å². The Morgan fingerprint density at radius 1 is 1.15 bits per heavy atom. The number of para-hydroxylation sites is 2. The highest BCUT2D eigenvalue weighted by Gasteiger charge is 2.36. The molecule has 1 atom stereocenters. The van der Waals surface area contributed by atoms with Crippen molar-refractivity contribution in [2.45, 2.75) is 5.37 Å². The number of hydrogen-bond donors (Lipinski definition) is 1. The molecule has 1 saturated heterocycles. The number of nitrogen functional groups attached to an aromatic ring is 1. The summed E-state index contributed by atoms with van der Waals surface area (Å²) in [5, 5.41) is -0.277. The summed E-state index contributed by atoms with van der Waals surface area (Å²) >= 11 is 1.46. The molecule has 1 aliphatic rings. The van der Waals surface area contributed by atoms with Crippen molar-refractivity contribution in [1.82, 2.24) is 0 Å². The minimum Gasteiger partial charge on any atom is -0.398 e. The van der Waals surface area contributed by atoms with Gasteiger partial charge in [0.2, 0.25) is 5.91 Å². The predicted molar refractivity (Wildman–Crippen MR) is 79.9 cm³/mol. The van der Waals surface area contributed by atoms with Crippen LogP contribution in [0.25, 0.3) is 0 Å². The summed E-state index contributed by atoms with van der Waals surface area (Å²) < 4.78 is 14.0. The summed E-state index contributed by atoms with van der Waals surface area (Å²) in [5.41, 5.74) is 7.73. The summed E-state index contributed by atoms with van der Waals surface area (Å²) in [4.78, 5) is 13.6. The summed E-state index contributed by atoms with van der Waals surface area (Å²) in [6.07, 6.45) is 0. The lowest BCUT2D eigenvalue weighted by Gasteiger charge is -2.25. The second-order valence-corrected chi connectivity index (χ2v) is 5.58. The third-order valence-electron chi connectivity index (χ3n) is 3.24. The summed E-state index contributed by atoms with van der Waals surface area (Å²) in [7, 11) is 0. The number of carbonyl (C=O) groups is 1. The maximum absolute atomic E-state index is 14.0. The summed E-state index contributed by atoms with van der Waals surface area (Å²) in [6, 6.07) is 13.7. The van der Waals surface area contributed by atoms with Gasteiger partial charge in [-0.3, -0.25) is 9.69 Å². The number of nitrogens with zero attached hydrogens (tertiary/aromatic N) is 1. The van der Waals surface area contributed by atoms with Crippen molar-refractivity contribution in [3.05, 3.63) is 59.9 Å². The average molecular weight is 288 g/mol. The lowest BCUT2D eigenvalue weighted by atomic mass is 10.1. The van der Waals surface area contributed by atoms with Crippen molar-refractivity contribution in [2.75, 3.05) is 16.4 Å². The van der Waals surface area contributed by atoms with Gasteiger partial charge in [0.15, 0.2) is 0 Å². The van der Waals surface area contributed by atoms with E-state index < -0.39 is 5.82 Å². The summed E-state index contributed by atoms with van der Waals surface area (Å²) in [5.74, 6) is -0.177. The fourth-order valence-electron chi connectivity index (χ4n) is 2.30. The lowest BCUT2D eigenvalue weighted by Crippen LogP contribution is -2.29. The van der Waals surface area contributed by atoms with Crippen molar-refractivity contribution >= 4 is 29.0 Å². The monoisotopic (exact) mass is 288 g/mol. The van der Waals surface area contributed by atoms with Crippen LogP contribution in [0.2, 0.25) is 0 Å². The molecule has 0 bridgehead atoms. The molecule has 102 valence electrons. The zero-order valence-electron chi connectivity index (χ0n) is 10.6. The second kappa shape index (κ2) is 5.17. The molecule has 0 radical (unpaired) electrons. The Morgan fingerprint density at radius 3 is 2.60 bits per heavy atom. The van der Waals surface area contributed by atoms with Gasteiger partial charge in [0.25, 0.3) is 0 Å². The molecular weight excluding hydrogens is 275 g/mol. The molecular formula is C15H13FN2OS. The van der Waals surface area contributed by atoms with E-state index in [2.05, 4.69) is 0 Å². The number of thioether (sulfide) groups is 1. The maximum atomic E-state index is 14.0. The van der Waals surface area contributed by atoms with Gasteiger partial charge in [0, 0.05) is 11.3 Å². The fraction of sp³-hybridized carbons (Fsp3) is 0.133. The molecule has 2 aromatic carbocycles. The fourth-order valence-corrected chi connectivity index (χ4v) is 3.51. The Kier molecular flexibility index (Phi) is 3.36. The number of benzene rings is 2. The van der Waals surface area contributed by atoms with Crippen LogP contribution in [-0.4, -0.2) is 11.7 Å². The number of halogens is 1. The van der Waals surface area contributed by atoms with Gasteiger partial charge in [-0.15, -0.1) is 11.8 Å². The molecule has 0 spiro atoms. The van der Waals surface area contributed by atoms with Crippen LogP contribution in [0.15, 0.2) is 48.5 Å². The van der Waals surface area contributed by atoms with Gasteiger partial charge in [-0.05, 0) is 18.2 Å². The van der Waals surface area contributed by atoms with Gasteiger partial charge in [-0.25, -0.2) is 4.39 Å². The first-order valence-corrected chi connectivity index (χ1v) is 7.26. The number of nitrogens with two attached hydrogens (primary N) is 1. The normalized spacial score (nSPS) is 18.6. The van der Waals surface area contributed by atoms with Crippen LogP contribution in [0.3, 0.4) is 0 Å². The smallest absolute Gasteiger partial charge is 0.238 e. The first kappa shape index (κ1) is 13.0. The Hall–Kier alpha value is -2.01. The van der Waals surface area contributed by atoms with Gasteiger partial charge in [-0.2, -0.15) is 0 Å². The Bertz CT molecular complexity index is 662. The van der Waals surface area contributed by atoms with Crippen LogP contribution in [0, 0.1) is 5.82 Å². The molecule has 1 fully saturated rings. The lowest BCUT2D eigenvalue weighted by molar-refractivity contribution is -0.115. The van der Waals surface area contributed by atoms with E-state index in [0.29, 0.717) is 17.1 Å². The van der Waals surface area contributed by atoms with Crippen molar-refractivity contribution in [3.8, 4) is 0 Å². The van der Waals surface area contributed by atoms with Gasteiger partial charge in [0.1, 0.15) is 11.2 Å². The molecule has 3 nitrogen and oxygen atoms in total. The first-order valence-electron chi connectivity index (χ1n) is 6.21. The van der Waals surface area contributed by atoms with E-state index >= 15 is 0 Å². The Labute approximate surface area is 120 Å². The first-order chi connectivity index (χ1) is 9.68. The number of rotatable bonds is 2. The molecule has 0 aromatic heterocycles. The highest BCUT2D eigenvalue weighted by molar-refractivity contribution is 8.00. The third-order valence-corrected chi connectivity index (χ3v) is 4.44. The van der Waals surface area contributed by atoms with Crippen LogP contribution < -0.4 is 10.6 Å². The van der Waals surface area contributed by atoms with Crippen molar-refractivity contribution in [1.29, 1.82) is 0 Å². The van der Waals surface area contributed by atoms with Crippen molar-refractivity contribution in [2.24, 2.45) is 0 Å². The Balaban J connectivity index is 2.06. The third kappa shape index (κ3) is 2.14. The standard InChI is InChI=1S/C15H13FN2OS/c16-11-6-2-4-8-13(11)18-14(19)9-20-15(18)10-5-1-3-7-12(10)17/h1-8,15H,9,17H2. The van der Waals surface area contributed by atoms with Gasteiger partial charge < -0.3 is 5.73 Å². The summed E-state index contributed by atoms with van der Waals surface area (Å²) in [6.45, 7) is 0. The van der Waals surface area contributed by atoms with Gasteiger partial charge >= 0.3 is 0 Å². The minimum atomic E-state index is -0.400. The molecule has 2 N–H and O–H groups in total. The van der Waals surface area contributed by atoms with Gasteiger partial charge in [0.05, 0.1) is 11.4 Å². The van der Waals surface area contributed by atoms with E-state index in [1.807, 2.05) is 18.2 Å². The van der Waals surface area contributed by atoms with Crippen LogP contribution in [0.4, 0.5) is 15.8 Å². The number of anilines is 2. The second-order valence-electron chi connectivity index (χ2n) is 4.51. The number of hydrogen-bond acceptors (Lipinski definition) is 3. The zero-order valence-corrected chi connectivity index (χ0v) is 11.4. The molecule has 2 aromatic rings. The van der Waals surface area contributed by atoms with E-state index in [1.54, 1.807) is 24.3 Å².